The van der Waals surface area contributed by atoms with Crippen LogP contribution in [-0.2, 0) is 5.41 Å². The summed E-state index contributed by atoms with van der Waals surface area (Å²) in [5.41, 5.74) is 11.7. The number of allylic oxidation sites excluding steroid dienone is 11. The molecule has 0 fully saturated rings. The van der Waals surface area contributed by atoms with Crippen molar-refractivity contribution in [3.8, 4) is 34.2 Å². The summed E-state index contributed by atoms with van der Waals surface area (Å²) in [6.45, 7) is 8.49. The van der Waals surface area contributed by atoms with Gasteiger partial charge in [-0.05, 0) is 80.9 Å². The van der Waals surface area contributed by atoms with Gasteiger partial charge in [-0.2, -0.15) is 0 Å². The number of aromatic nitrogens is 3. The molecule has 60 heavy (non-hydrogen) atoms. The first-order chi connectivity index (χ1) is 29.5. The molecule has 0 saturated heterocycles. The molecule has 0 spiro atoms. The van der Waals surface area contributed by atoms with Gasteiger partial charge >= 0.3 is 0 Å². The molecule has 4 heteroatoms. The molecule has 8 rings (SSSR count). The Labute approximate surface area is 354 Å². The minimum Gasteiger partial charge on any atom is -0.461 e. The van der Waals surface area contributed by atoms with E-state index >= 15 is 0 Å². The summed E-state index contributed by atoms with van der Waals surface area (Å²) in [4.78, 5) is 15.1. The third-order valence-corrected chi connectivity index (χ3v) is 11.5. The third-order valence-electron chi connectivity index (χ3n) is 11.5. The van der Waals surface area contributed by atoms with Gasteiger partial charge in [-0.1, -0.05) is 194 Å². The molecule has 0 aliphatic heterocycles. The highest BCUT2D eigenvalue weighted by atomic mass is 16.3. The van der Waals surface area contributed by atoms with Gasteiger partial charge in [-0.15, -0.1) is 0 Å². The van der Waals surface area contributed by atoms with Gasteiger partial charge in [-0.3, -0.25) is 0 Å². The zero-order chi connectivity index (χ0) is 41.3. The van der Waals surface area contributed by atoms with E-state index < -0.39 is 5.41 Å². The Hall–Kier alpha value is -6.91. The first-order valence-electron chi connectivity index (χ1n) is 21.1. The van der Waals surface area contributed by atoms with E-state index in [9.17, 15) is 0 Å². The molecule has 5 aromatic carbocycles. The quantitative estimate of drug-likeness (QED) is 0.116. The molecule has 0 saturated carbocycles. The van der Waals surface area contributed by atoms with Crippen molar-refractivity contribution in [2.45, 2.75) is 58.8 Å². The van der Waals surface area contributed by atoms with Crippen molar-refractivity contribution >= 4 is 22.6 Å². The van der Waals surface area contributed by atoms with Crippen LogP contribution in [0.25, 0.3) is 56.8 Å². The first-order valence-corrected chi connectivity index (χ1v) is 21.1. The summed E-state index contributed by atoms with van der Waals surface area (Å²) in [5.74, 6) is 2.67. The monoisotopic (exact) mass is 781 g/mol. The van der Waals surface area contributed by atoms with Crippen LogP contribution in [0.1, 0.15) is 74.5 Å². The Morgan fingerprint density at radius 2 is 1.33 bits per heavy atom. The molecule has 1 unspecified atom stereocenters. The van der Waals surface area contributed by atoms with E-state index in [0.717, 1.165) is 75.8 Å². The molecule has 7 aromatic rings. The van der Waals surface area contributed by atoms with E-state index in [1.54, 1.807) is 0 Å². The van der Waals surface area contributed by atoms with Crippen LogP contribution in [-0.4, -0.2) is 15.0 Å². The highest BCUT2D eigenvalue weighted by Crippen LogP contribution is 2.49. The number of aryl methyl sites for hydroxylation is 1. The first kappa shape index (κ1) is 39.9. The van der Waals surface area contributed by atoms with E-state index in [-0.39, 0.29) is 0 Å². The maximum atomic E-state index is 6.50. The average molecular weight is 782 g/mol. The highest BCUT2D eigenvalue weighted by Gasteiger charge is 2.40. The second kappa shape index (κ2) is 18.3. The number of fused-ring (bicyclic) bond motifs is 1. The van der Waals surface area contributed by atoms with Crippen molar-refractivity contribution in [2.75, 3.05) is 0 Å². The van der Waals surface area contributed by atoms with Crippen LogP contribution in [0.4, 0.5) is 0 Å². The van der Waals surface area contributed by atoms with Gasteiger partial charge in [0.25, 0.3) is 0 Å². The second-order valence-electron chi connectivity index (χ2n) is 15.2. The van der Waals surface area contributed by atoms with Crippen LogP contribution >= 0.6 is 0 Å². The van der Waals surface area contributed by atoms with E-state index in [1.165, 1.54) is 22.3 Å². The Kier molecular flexibility index (Phi) is 12.2. The molecule has 1 aliphatic rings. The van der Waals surface area contributed by atoms with E-state index in [0.29, 0.717) is 17.5 Å². The molecule has 0 amide bonds. The number of hydrogen-bond donors (Lipinski definition) is 0. The smallest absolute Gasteiger partial charge is 0.164 e. The molecule has 1 aliphatic carbocycles. The lowest BCUT2D eigenvalue weighted by molar-refractivity contribution is 0.577. The van der Waals surface area contributed by atoms with E-state index in [2.05, 4.69) is 136 Å². The zero-order valence-electron chi connectivity index (χ0n) is 35.0. The van der Waals surface area contributed by atoms with Gasteiger partial charge < -0.3 is 4.42 Å². The number of rotatable bonds is 12. The van der Waals surface area contributed by atoms with Crippen LogP contribution in [0.5, 0.6) is 0 Å². The van der Waals surface area contributed by atoms with Gasteiger partial charge in [0, 0.05) is 27.6 Å². The predicted octanol–water partition coefficient (Wildman–Crippen LogP) is 14.9. The lowest BCUT2D eigenvalue weighted by Gasteiger charge is -2.40. The van der Waals surface area contributed by atoms with Crippen LogP contribution in [0.3, 0.4) is 0 Å². The minimum absolute atomic E-state index is 0.415. The SMILES string of the molecule is C/C=C\C=C(/CC)C(C1=CC=CCCC1)(c1ccccc1)c1ccc(C(/C=C\C)=C/c2c(C)oc3cccc(-c4nc(-c5ccccc5)nc(-c5ccccc5)n4)c23)cc1. The Bertz CT molecular complexity index is 2700. The fourth-order valence-corrected chi connectivity index (χ4v) is 8.66. The van der Waals surface area contributed by atoms with E-state index in [4.69, 9.17) is 19.4 Å². The number of furan rings is 1. The van der Waals surface area contributed by atoms with Crippen molar-refractivity contribution in [3.05, 3.63) is 221 Å². The maximum absolute atomic E-state index is 6.50. The standard InChI is InChI=1S/C56H51N3O/c1-5-8-28-45(7-3)56(47-31-20-13-21-32-47,46-29-18-9-10-19-30-46)48-37-35-41(36-38-48)44(23-6-2)39-50-40(4)60-51-34-22-33-49(52(50)51)55-58-53(42-24-14-11-15-25-42)57-54(59-55)43-26-16-12-17-27-43/h5-6,8-9,11-18,20-29,31-39H,7,10,19,30H2,1-4H3/b8-5-,23-6-,44-39+,45-28+. The van der Waals surface area contributed by atoms with Gasteiger partial charge in [0.05, 0.1) is 5.41 Å². The van der Waals surface area contributed by atoms with Crippen molar-refractivity contribution in [1.29, 1.82) is 0 Å². The molecule has 0 N–H and O–H groups in total. The molecule has 2 aromatic heterocycles. The summed E-state index contributed by atoms with van der Waals surface area (Å²) in [5, 5.41) is 0.969. The van der Waals surface area contributed by atoms with Crippen LogP contribution in [0.15, 0.2) is 198 Å². The second-order valence-corrected chi connectivity index (χ2v) is 15.2. The fourth-order valence-electron chi connectivity index (χ4n) is 8.66. The molecular weight excluding hydrogens is 731 g/mol. The van der Waals surface area contributed by atoms with Gasteiger partial charge in [-0.25, -0.2) is 15.0 Å². The molecule has 0 bridgehead atoms. The Balaban J connectivity index is 1.29. The van der Waals surface area contributed by atoms with Crippen molar-refractivity contribution in [3.63, 3.8) is 0 Å². The Morgan fingerprint density at radius 3 is 1.97 bits per heavy atom. The summed E-state index contributed by atoms with van der Waals surface area (Å²) in [6, 6.07) is 46.7. The van der Waals surface area contributed by atoms with Gasteiger partial charge in [0.2, 0.25) is 0 Å². The summed E-state index contributed by atoms with van der Waals surface area (Å²) in [7, 11) is 0. The molecule has 296 valence electrons. The fraction of sp³-hybridized carbons (Fsp3) is 0.161. The zero-order valence-corrected chi connectivity index (χ0v) is 35.0. The van der Waals surface area contributed by atoms with Crippen molar-refractivity contribution in [2.24, 2.45) is 0 Å². The highest BCUT2D eigenvalue weighted by molar-refractivity contribution is 6.03. The predicted molar refractivity (Wildman–Crippen MR) is 251 cm³/mol. The molecule has 0 radical (unpaired) electrons. The van der Waals surface area contributed by atoms with Crippen molar-refractivity contribution < 1.29 is 4.42 Å². The largest absolute Gasteiger partial charge is 0.461 e. The normalized spacial score (nSPS) is 14.8. The lowest BCUT2D eigenvalue weighted by atomic mass is 9.62. The number of nitrogens with zero attached hydrogens (tertiary/aromatic N) is 3. The summed E-state index contributed by atoms with van der Waals surface area (Å²) >= 11 is 0. The molecular formula is C56H51N3O. The lowest BCUT2D eigenvalue weighted by Crippen LogP contribution is -2.33. The molecule has 4 nitrogen and oxygen atoms in total. The average Bonchev–Trinajstić information content (AvgIpc) is 3.43. The van der Waals surface area contributed by atoms with Gasteiger partial charge in [0.15, 0.2) is 17.5 Å². The minimum atomic E-state index is -0.415. The Morgan fingerprint density at radius 1 is 0.700 bits per heavy atom. The topological polar surface area (TPSA) is 51.8 Å². The maximum Gasteiger partial charge on any atom is 0.164 e. The summed E-state index contributed by atoms with van der Waals surface area (Å²) in [6.07, 6.45) is 24.3. The summed E-state index contributed by atoms with van der Waals surface area (Å²) < 4.78 is 6.50. The van der Waals surface area contributed by atoms with Crippen LogP contribution in [0.2, 0.25) is 0 Å². The third kappa shape index (κ3) is 7.94. The van der Waals surface area contributed by atoms with Gasteiger partial charge in [0.1, 0.15) is 11.3 Å². The molecule has 1 atom stereocenters. The van der Waals surface area contributed by atoms with Crippen LogP contribution in [0, 0.1) is 6.92 Å². The number of hydrogen-bond acceptors (Lipinski definition) is 4. The van der Waals surface area contributed by atoms with E-state index in [1.807, 2.05) is 79.7 Å². The van der Waals surface area contributed by atoms with Crippen LogP contribution < -0.4 is 0 Å². The van der Waals surface area contributed by atoms with Crippen molar-refractivity contribution in [1.82, 2.24) is 15.0 Å². The number of benzene rings is 5. The molecule has 2 heterocycles.